The number of amides is 1. The third-order valence-corrected chi connectivity index (χ3v) is 3.21. The van der Waals surface area contributed by atoms with E-state index in [1.165, 1.54) is 18.2 Å². The lowest BCUT2D eigenvalue weighted by molar-refractivity contribution is 0.0481. The Labute approximate surface area is 130 Å². The first kappa shape index (κ1) is 17.8. The summed E-state index contributed by atoms with van der Waals surface area (Å²) < 4.78 is 30.7. The Morgan fingerprint density at radius 3 is 2.48 bits per heavy atom. The molecule has 0 spiro atoms. The first-order valence-electron chi connectivity index (χ1n) is 6.32. The second-order valence-electron chi connectivity index (χ2n) is 5.46. The third-order valence-electron chi connectivity index (χ3n) is 2.53. The van der Waals surface area contributed by atoms with E-state index in [4.69, 9.17) is 4.74 Å². The van der Waals surface area contributed by atoms with E-state index in [0.717, 1.165) is 0 Å². The summed E-state index contributed by atoms with van der Waals surface area (Å²) >= 11 is 3.17. The number of alkyl carbamates (subject to hydrolysis) is 1. The normalized spacial score (nSPS) is 13.1. The lowest BCUT2D eigenvalue weighted by atomic mass is 10.1. The molecule has 0 radical (unpaired) electrons. The molecule has 0 aromatic heterocycles. The highest BCUT2D eigenvalue weighted by atomic mass is 79.9. The van der Waals surface area contributed by atoms with Crippen molar-refractivity contribution in [2.75, 3.05) is 6.61 Å². The minimum atomic E-state index is -2.58. The number of benzene rings is 1. The van der Waals surface area contributed by atoms with Gasteiger partial charge in [0.25, 0.3) is 6.43 Å². The predicted octanol–water partition coefficient (Wildman–Crippen LogP) is 3.94. The van der Waals surface area contributed by atoms with Crippen LogP contribution in [0, 0.1) is 0 Å². The predicted molar refractivity (Wildman–Crippen MR) is 78.3 cm³/mol. The second kappa shape index (κ2) is 7.17. The van der Waals surface area contributed by atoms with Crippen molar-refractivity contribution in [3.05, 3.63) is 33.8 Å². The number of rotatable bonds is 4. The van der Waals surface area contributed by atoms with Crippen LogP contribution < -0.4 is 5.32 Å². The molecule has 0 aliphatic carbocycles. The molecule has 1 aromatic carbocycles. The number of carbonyl (C=O) groups excluding carboxylic acids is 1. The van der Waals surface area contributed by atoms with E-state index < -0.39 is 24.2 Å². The lowest BCUT2D eigenvalue weighted by Gasteiger charge is -2.23. The number of alkyl halides is 2. The number of hydrogen-bond donors (Lipinski definition) is 2. The summed E-state index contributed by atoms with van der Waals surface area (Å²) in [5.74, 6) is 0. The minimum Gasteiger partial charge on any atom is -0.444 e. The SMILES string of the molecule is CC(C)(C)OC(=O)NC(CO)c1ccc(C(F)F)cc1Br. The van der Waals surface area contributed by atoms with Crippen LogP contribution in [0.15, 0.2) is 22.7 Å². The van der Waals surface area contributed by atoms with Crippen LogP contribution >= 0.6 is 15.9 Å². The van der Waals surface area contributed by atoms with Crippen LogP contribution in [0.1, 0.15) is 44.4 Å². The van der Waals surface area contributed by atoms with Crippen molar-refractivity contribution in [2.45, 2.75) is 38.8 Å². The molecule has 0 heterocycles. The molecule has 0 bridgehead atoms. The highest BCUT2D eigenvalue weighted by Crippen LogP contribution is 2.29. The molecule has 118 valence electrons. The lowest BCUT2D eigenvalue weighted by Crippen LogP contribution is -2.36. The monoisotopic (exact) mass is 365 g/mol. The van der Waals surface area contributed by atoms with Gasteiger partial charge in [-0.15, -0.1) is 0 Å². The van der Waals surface area contributed by atoms with E-state index in [9.17, 15) is 18.7 Å². The number of aliphatic hydroxyl groups excluding tert-OH is 1. The van der Waals surface area contributed by atoms with E-state index in [0.29, 0.717) is 10.0 Å². The van der Waals surface area contributed by atoms with Crippen LogP contribution in [0.3, 0.4) is 0 Å². The number of halogens is 3. The van der Waals surface area contributed by atoms with E-state index in [2.05, 4.69) is 21.2 Å². The largest absolute Gasteiger partial charge is 0.444 e. The van der Waals surface area contributed by atoms with Crippen molar-refractivity contribution >= 4 is 22.0 Å². The van der Waals surface area contributed by atoms with Gasteiger partial charge in [-0.1, -0.05) is 28.1 Å². The fourth-order valence-electron chi connectivity index (χ4n) is 1.63. The number of ether oxygens (including phenoxy) is 1. The minimum absolute atomic E-state index is 0.139. The fraction of sp³-hybridized carbons (Fsp3) is 0.500. The maximum atomic E-state index is 12.6. The fourth-order valence-corrected chi connectivity index (χ4v) is 2.31. The molecule has 2 N–H and O–H groups in total. The Bertz CT molecular complexity index is 503. The summed E-state index contributed by atoms with van der Waals surface area (Å²) in [6.45, 7) is 4.77. The summed E-state index contributed by atoms with van der Waals surface area (Å²) in [4.78, 5) is 11.7. The molecule has 21 heavy (non-hydrogen) atoms. The van der Waals surface area contributed by atoms with Gasteiger partial charge >= 0.3 is 6.09 Å². The zero-order valence-electron chi connectivity index (χ0n) is 12.0. The van der Waals surface area contributed by atoms with Crippen LogP contribution in [0.5, 0.6) is 0 Å². The average Bonchev–Trinajstić information content (AvgIpc) is 2.34. The molecular formula is C14H18BrF2NO3. The van der Waals surface area contributed by atoms with Crippen LogP contribution in [0.2, 0.25) is 0 Å². The zero-order chi connectivity index (χ0) is 16.2. The molecule has 1 unspecified atom stereocenters. The van der Waals surface area contributed by atoms with Crippen molar-refractivity contribution < 1.29 is 23.4 Å². The molecule has 0 aliphatic rings. The number of hydrogen-bond acceptors (Lipinski definition) is 3. The average molecular weight is 366 g/mol. The quantitative estimate of drug-likeness (QED) is 0.849. The summed E-state index contributed by atoms with van der Waals surface area (Å²) in [5.41, 5.74) is -0.312. The Hall–Kier alpha value is -1.21. The molecule has 4 nitrogen and oxygen atoms in total. The van der Waals surface area contributed by atoms with Gasteiger partial charge in [0.2, 0.25) is 0 Å². The molecule has 1 rings (SSSR count). The molecule has 1 aromatic rings. The first-order valence-corrected chi connectivity index (χ1v) is 7.11. The van der Waals surface area contributed by atoms with E-state index in [1.807, 2.05) is 0 Å². The third kappa shape index (κ3) is 5.59. The topological polar surface area (TPSA) is 58.6 Å². The number of carbonyl (C=O) groups is 1. The first-order chi connectivity index (χ1) is 9.64. The van der Waals surface area contributed by atoms with Crippen molar-refractivity contribution in [3.8, 4) is 0 Å². The van der Waals surface area contributed by atoms with E-state index in [1.54, 1.807) is 20.8 Å². The summed E-state index contributed by atoms with van der Waals surface area (Å²) in [6, 6.07) is 3.20. The maximum absolute atomic E-state index is 12.6. The summed E-state index contributed by atoms with van der Waals surface area (Å²) in [5, 5.41) is 11.9. The van der Waals surface area contributed by atoms with Gasteiger partial charge in [-0.2, -0.15) is 0 Å². The Balaban J connectivity index is 2.88. The van der Waals surface area contributed by atoms with Crippen molar-refractivity contribution in [1.82, 2.24) is 5.32 Å². The van der Waals surface area contributed by atoms with Crippen molar-refractivity contribution in [3.63, 3.8) is 0 Å². The Morgan fingerprint density at radius 1 is 1.43 bits per heavy atom. The standard InChI is InChI=1S/C14H18BrF2NO3/c1-14(2,3)21-13(20)18-11(7-19)9-5-4-8(12(16)17)6-10(9)15/h4-6,11-12,19H,7H2,1-3H3,(H,18,20). The van der Waals surface area contributed by atoms with Crippen LogP contribution in [-0.2, 0) is 4.74 Å². The smallest absolute Gasteiger partial charge is 0.408 e. The summed E-state index contributed by atoms with van der Waals surface area (Å²) in [6.07, 6.45) is -3.27. The van der Waals surface area contributed by atoms with Gasteiger partial charge in [0, 0.05) is 10.0 Å². The number of aliphatic hydroxyl groups is 1. The molecular weight excluding hydrogens is 348 g/mol. The number of nitrogens with one attached hydrogen (secondary N) is 1. The maximum Gasteiger partial charge on any atom is 0.408 e. The second-order valence-corrected chi connectivity index (χ2v) is 6.32. The van der Waals surface area contributed by atoms with Gasteiger partial charge in [0.15, 0.2) is 0 Å². The van der Waals surface area contributed by atoms with Crippen molar-refractivity contribution in [2.24, 2.45) is 0 Å². The molecule has 1 atom stereocenters. The van der Waals surface area contributed by atoms with E-state index in [-0.39, 0.29) is 12.2 Å². The van der Waals surface area contributed by atoms with Gasteiger partial charge < -0.3 is 15.2 Å². The summed E-state index contributed by atoms with van der Waals surface area (Å²) in [7, 11) is 0. The zero-order valence-corrected chi connectivity index (χ0v) is 13.6. The highest BCUT2D eigenvalue weighted by Gasteiger charge is 2.22. The van der Waals surface area contributed by atoms with Gasteiger partial charge in [-0.25, -0.2) is 13.6 Å². The van der Waals surface area contributed by atoms with Crippen LogP contribution in [0.25, 0.3) is 0 Å². The highest BCUT2D eigenvalue weighted by molar-refractivity contribution is 9.10. The van der Waals surface area contributed by atoms with E-state index >= 15 is 0 Å². The molecule has 7 heteroatoms. The molecule has 0 fully saturated rings. The van der Waals surface area contributed by atoms with Gasteiger partial charge in [0.05, 0.1) is 12.6 Å². The molecule has 1 amide bonds. The Morgan fingerprint density at radius 2 is 2.05 bits per heavy atom. The van der Waals surface area contributed by atoms with Crippen LogP contribution in [-0.4, -0.2) is 23.4 Å². The molecule has 0 aliphatic heterocycles. The molecule has 0 saturated heterocycles. The van der Waals surface area contributed by atoms with Gasteiger partial charge in [-0.3, -0.25) is 0 Å². The van der Waals surface area contributed by atoms with Gasteiger partial charge in [-0.05, 0) is 32.4 Å². The van der Waals surface area contributed by atoms with Crippen LogP contribution in [0.4, 0.5) is 13.6 Å². The Kier molecular flexibility index (Phi) is 6.10. The van der Waals surface area contributed by atoms with Gasteiger partial charge in [0.1, 0.15) is 5.60 Å². The van der Waals surface area contributed by atoms with Crippen molar-refractivity contribution in [1.29, 1.82) is 0 Å². The molecule has 0 saturated carbocycles.